The average Bonchev–Trinajstić information content (AvgIpc) is 2.70. The number of rotatable bonds is 5. The van der Waals surface area contributed by atoms with Crippen LogP contribution in [-0.2, 0) is 6.61 Å². The fraction of sp³-hybridized carbons (Fsp3) is 0.0909. The molecule has 0 aliphatic heterocycles. The van der Waals surface area contributed by atoms with Gasteiger partial charge in [0.25, 0.3) is 5.91 Å². The van der Waals surface area contributed by atoms with Gasteiger partial charge in [0.1, 0.15) is 18.1 Å². The first kappa shape index (κ1) is 19.4. The Morgan fingerprint density at radius 2 is 1.82 bits per heavy atom. The van der Waals surface area contributed by atoms with E-state index >= 15 is 0 Å². The quantitative estimate of drug-likeness (QED) is 0.443. The summed E-state index contributed by atoms with van der Waals surface area (Å²) in [4.78, 5) is 12.5. The fourth-order valence-corrected chi connectivity index (χ4v) is 2.75. The van der Waals surface area contributed by atoms with Crippen LogP contribution in [0.4, 0.5) is 5.69 Å². The van der Waals surface area contributed by atoms with Crippen LogP contribution in [0.2, 0.25) is 0 Å². The molecule has 0 aromatic heterocycles. The largest absolute Gasteiger partial charge is 0.506 e. The van der Waals surface area contributed by atoms with Crippen LogP contribution in [0.1, 0.15) is 21.5 Å². The normalized spacial score (nSPS) is 10.2. The van der Waals surface area contributed by atoms with E-state index in [0.29, 0.717) is 23.6 Å². The molecule has 0 aliphatic rings. The maximum atomic E-state index is 12.5. The van der Waals surface area contributed by atoms with Crippen LogP contribution in [0.15, 0.2) is 72.8 Å². The van der Waals surface area contributed by atoms with Crippen LogP contribution in [0, 0.1) is 6.92 Å². The summed E-state index contributed by atoms with van der Waals surface area (Å²) in [6.07, 6.45) is 0. The lowest BCUT2D eigenvalue weighted by Crippen LogP contribution is -2.34. The SMILES string of the molecule is Cc1ccc(O)c(NC(=S)NC(=O)c2cccc(OCc3ccccc3)c2)c1. The van der Waals surface area contributed by atoms with E-state index in [1.54, 1.807) is 42.5 Å². The van der Waals surface area contributed by atoms with Gasteiger partial charge in [-0.05, 0) is 60.6 Å². The number of hydrogen-bond acceptors (Lipinski definition) is 4. The molecule has 142 valence electrons. The molecule has 0 aliphatic carbocycles. The second-order valence-corrected chi connectivity index (χ2v) is 6.64. The molecule has 3 aromatic carbocycles. The Kier molecular flexibility index (Phi) is 6.24. The molecular weight excluding hydrogens is 372 g/mol. The molecule has 3 aromatic rings. The highest BCUT2D eigenvalue weighted by molar-refractivity contribution is 7.80. The number of ether oxygens (including phenoxy) is 1. The summed E-state index contributed by atoms with van der Waals surface area (Å²) in [5, 5.41) is 15.4. The highest BCUT2D eigenvalue weighted by Crippen LogP contribution is 2.23. The molecular formula is C22H20N2O3S. The maximum absolute atomic E-state index is 12.5. The summed E-state index contributed by atoms with van der Waals surface area (Å²) in [5.74, 6) is 0.278. The van der Waals surface area contributed by atoms with Crippen molar-refractivity contribution in [3.63, 3.8) is 0 Å². The molecule has 0 heterocycles. The van der Waals surface area contributed by atoms with Gasteiger partial charge in [-0.15, -0.1) is 0 Å². The van der Waals surface area contributed by atoms with Crippen molar-refractivity contribution in [3.05, 3.63) is 89.5 Å². The Hall–Kier alpha value is -3.38. The smallest absolute Gasteiger partial charge is 0.257 e. The van der Waals surface area contributed by atoms with E-state index < -0.39 is 0 Å². The molecule has 3 N–H and O–H groups in total. The number of carbonyl (C=O) groups is 1. The first-order valence-electron chi connectivity index (χ1n) is 8.70. The van der Waals surface area contributed by atoms with Crippen LogP contribution in [0.3, 0.4) is 0 Å². The van der Waals surface area contributed by atoms with E-state index in [2.05, 4.69) is 10.6 Å². The first-order chi connectivity index (χ1) is 13.5. The third-order valence-corrected chi connectivity index (χ3v) is 4.18. The van der Waals surface area contributed by atoms with Crippen molar-refractivity contribution in [2.45, 2.75) is 13.5 Å². The molecule has 0 fully saturated rings. The van der Waals surface area contributed by atoms with Gasteiger partial charge in [-0.25, -0.2) is 0 Å². The van der Waals surface area contributed by atoms with Crippen molar-refractivity contribution in [3.8, 4) is 11.5 Å². The van der Waals surface area contributed by atoms with Crippen LogP contribution in [-0.4, -0.2) is 16.1 Å². The molecule has 0 saturated carbocycles. The summed E-state index contributed by atoms with van der Waals surface area (Å²) >= 11 is 5.18. The zero-order chi connectivity index (χ0) is 19.9. The monoisotopic (exact) mass is 392 g/mol. The van der Waals surface area contributed by atoms with Crippen molar-refractivity contribution in [2.24, 2.45) is 0 Å². The van der Waals surface area contributed by atoms with Gasteiger partial charge in [-0.1, -0.05) is 42.5 Å². The number of anilines is 1. The van der Waals surface area contributed by atoms with Gasteiger partial charge in [-0.2, -0.15) is 0 Å². The number of phenols is 1. The predicted octanol–water partition coefficient (Wildman–Crippen LogP) is 4.41. The van der Waals surface area contributed by atoms with Crippen molar-refractivity contribution >= 4 is 28.9 Å². The van der Waals surface area contributed by atoms with Crippen LogP contribution >= 0.6 is 12.2 Å². The van der Waals surface area contributed by atoms with Crippen LogP contribution in [0.5, 0.6) is 11.5 Å². The number of hydrogen-bond donors (Lipinski definition) is 3. The van der Waals surface area contributed by atoms with Crippen LogP contribution < -0.4 is 15.4 Å². The van der Waals surface area contributed by atoms with E-state index in [1.807, 2.05) is 37.3 Å². The van der Waals surface area contributed by atoms with Gasteiger partial charge in [0.15, 0.2) is 5.11 Å². The zero-order valence-corrected chi connectivity index (χ0v) is 16.1. The molecule has 0 spiro atoms. The highest BCUT2D eigenvalue weighted by Gasteiger charge is 2.11. The molecule has 0 saturated heterocycles. The predicted molar refractivity (Wildman–Crippen MR) is 114 cm³/mol. The van der Waals surface area contributed by atoms with E-state index in [9.17, 15) is 9.90 Å². The summed E-state index contributed by atoms with van der Waals surface area (Å²) in [7, 11) is 0. The lowest BCUT2D eigenvalue weighted by Gasteiger charge is -2.12. The van der Waals surface area contributed by atoms with Crippen molar-refractivity contribution in [1.82, 2.24) is 5.32 Å². The Morgan fingerprint density at radius 3 is 2.61 bits per heavy atom. The molecule has 0 atom stereocenters. The minimum Gasteiger partial charge on any atom is -0.506 e. The molecule has 28 heavy (non-hydrogen) atoms. The topological polar surface area (TPSA) is 70.6 Å². The van der Waals surface area contributed by atoms with Crippen molar-refractivity contribution in [1.29, 1.82) is 0 Å². The minimum atomic E-state index is -0.366. The van der Waals surface area contributed by atoms with Gasteiger partial charge >= 0.3 is 0 Å². The molecule has 1 amide bonds. The first-order valence-corrected chi connectivity index (χ1v) is 9.11. The third-order valence-electron chi connectivity index (χ3n) is 3.97. The number of amides is 1. The minimum absolute atomic E-state index is 0.0542. The number of benzene rings is 3. The van der Waals surface area contributed by atoms with Crippen molar-refractivity contribution < 1.29 is 14.6 Å². The van der Waals surface area contributed by atoms with Crippen molar-refractivity contribution in [2.75, 3.05) is 5.32 Å². The Bertz CT molecular complexity index is 990. The van der Waals surface area contributed by atoms with E-state index in [1.165, 1.54) is 0 Å². The van der Waals surface area contributed by atoms with E-state index in [-0.39, 0.29) is 16.8 Å². The number of aromatic hydroxyl groups is 1. The molecule has 6 heteroatoms. The van der Waals surface area contributed by atoms with E-state index in [0.717, 1.165) is 11.1 Å². The molecule has 5 nitrogen and oxygen atoms in total. The second kappa shape index (κ2) is 9.01. The summed E-state index contributed by atoms with van der Waals surface area (Å²) in [5.41, 5.74) is 2.85. The lowest BCUT2D eigenvalue weighted by atomic mass is 10.2. The van der Waals surface area contributed by atoms with Gasteiger partial charge in [-0.3, -0.25) is 10.1 Å². The highest BCUT2D eigenvalue weighted by atomic mass is 32.1. The summed E-state index contributed by atoms with van der Waals surface area (Å²) in [6.45, 7) is 2.31. The Labute approximate surface area is 169 Å². The summed E-state index contributed by atoms with van der Waals surface area (Å²) in [6, 6.07) is 21.8. The number of nitrogens with one attached hydrogen (secondary N) is 2. The molecule has 0 radical (unpaired) electrons. The molecule has 0 unspecified atom stereocenters. The third kappa shape index (κ3) is 5.31. The number of thiocarbonyl (C=S) groups is 1. The van der Waals surface area contributed by atoms with Gasteiger partial charge in [0, 0.05) is 5.56 Å². The van der Waals surface area contributed by atoms with Gasteiger partial charge in [0.2, 0.25) is 0 Å². The Balaban J connectivity index is 1.60. The fourth-order valence-electron chi connectivity index (χ4n) is 2.55. The average molecular weight is 392 g/mol. The number of aryl methyl sites for hydroxylation is 1. The molecule has 3 rings (SSSR count). The maximum Gasteiger partial charge on any atom is 0.257 e. The zero-order valence-electron chi connectivity index (χ0n) is 15.3. The lowest BCUT2D eigenvalue weighted by molar-refractivity contribution is 0.0977. The van der Waals surface area contributed by atoms with Crippen LogP contribution in [0.25, 0.3) is 0 Å². The van der Waals surface area contributed by atoms with E-state index in [4.69, 9.17) is 17.0 Å². The standard InChI is InChI=1S/C22H20N2O3S/c1-15-10-11-20(25)19(12-15)23-22(28)24-21(26)17-8-5-9-18(13-17)27-14-16-6-3-2-4-7-16/h2-13,25H,14H2,1H3,(H2,23,24,26,28). The second-order valence-electron chi connectivity index (χ2n) is 6.23. The van der Waals surface area contributed by atoms with Gasteiger partial charge < -0.3 is 15.2 Å². The number of phenolic OH excluding ortho intramolecular Hbond substituents is 1. The summed E-state index contributed by atoms with van der Waals surface area (Å²) < 4.78 is 5.75. The van der Waals surface area contributed by atoms with Gasteiger partial charge in [0.05, 0.1) is 5.69 Å². The number of carbonyl (C=O) groups excluding carboxylic acids is 1. The Morgan fingerprint density at radius 1 is 1.04 bits per heavy atom. The molecule has 0 bridgehead atoms.